The average molecular weight is 323 g/mol. The highest BCUT2D eigenvalue weighted by Gasteiger charge is 2.07. The van der Waals surface area contributed by atoms with Gasteiger partial charge >= 0.3 is 0 Å². The molecule has 0 aliphatic carbocycles. The summed E-state index contributed by atoms with van der Waals surface area (Å²) in [7, 11) is 0. The summed E-state index contributed by atoms with van der Waals surface area (Å²) >= 11 is 6.74. The molecule has 0 saturated heterocycles. The molecular formula is C9H9Br2NO2. The summed E-state index contributed by atoms with van der Waals surface area (Å²) in [6.07, 6.45) is 1.35. The summed E-state index contributed by atoms with van der Waals surface area (Å²) in [5.74, 6) is 0.752. The van der Waals surface area contributed by atoms with Gasteiger partial charge in [-0.2, -0.15) is 0 Å². The second kappa shape index (κ2) is 5.36. The number of hydrogen-bond donors (Lipinski definition) is 1. The lowest BCUT2D eigenvalue weighted by atomic mass is 10.2. The van der Waals surface area contributed by atoms with Gasteiger partial charge in [-0.05, 0) is 56.5 Å². The van der Waals surface area contributed by atoms with Gasteiger partial charge in [0.25, 0.3) is 0 Å². The van der Waals surface area contributed by atoms with Crippen molar-refractivity contribution >= 4 is 38.1 Å². The highest BCUT2D eigenvalue weighted by Crippen LogP contribution is 2.34. The zero-order chi connectivity index (χ0) is 10.6. The number of rotatable bonds is 3. The average Bonchev–Trinajstić information content (AvgIpc) is 2.12. The maximum absolute atomic E-state index is 8.38. The van der Waals surface area contributed by atoms with Gasteiger partial charge in [0.15, 0.2) is 0 Å². The number of nitrogens with zero attached hydrogens (tertiary/aromatic N) is 1. The lowest BCUT2D eigenvalue weighted by Gasteiger charge is -2.08. The fourth-order valence-corrected chi connectivity index (χ4v) is 2.45. The third-order valence-corrected chi connectivity index (χ3v) is 2.69. The van der Waals surface area contributed by atoms with Crippen molar-refractivity contribution in [2.24, 2.45) is 5.16 Å². The van der Waals surface area contributed by atoms with Crippen LogP contribution in [-0.2, 0) is 0 Å². The van der Waals surface area contributed by atoms with Crippen LogP contribution in [0.4, 0.5) is 0 Å². The Labute approximate surface area is 99.0 Å². The summed E-state index contributed by atoms with van der Waals surface area (Å²) < 4.78 is 7.05. The Morgan fingerprint density at radius 1 is 1.43 bits per heavy atom. The molecule has 0 radical (unpaired) electrons. The zero-order valence-electron chi connectivity index (χ0n) is 7.50. The molecule has 0 spiro atoms. The third kappa shape index (κ3) is 2.72. The quantitative estimate of drug-likeness (QED) is 0.526. The Hall–Kier alpha value is -0.550. The molecule has 1 aromatic rings. The molecule has 0 fully saturated rings. The number of hydrogen-bond acceptors (Lipinski definition) is 3. The van der Waals surface area contributed by atoms with E-state index in [9.17, 15) is 0 Å². The van der Waals surface area contributed by atoms with Gasteiger partial charge < -0.3 is 9.94 Å². The molecule has 0 saturated carbocycles. The van der Waals surface area contributed by atoms with Gasteiger partial charge in [0.05, 0.1) is 21.8 Å². The van der Waals surface area contributed by atoms with Crippen LogP contribution in [0.25, 0.3) is 0 Å². The van der Waals surface area contributed by atoms with Crippen LogP contribution in [0.15, 0.2) is 26.2 Å². The van der Waals surface area contributed by atoms with E-state index in [4.69, 9.17) is 9.94 Å². The van der Waals surface area contributed by atoms with Crippen LogP contribution in [0.1, 0.15) is 12.5 Å². The molecule has 14 heavy (non-hydrogen) atoms. The normalized spacial score (nSPS) is 10.8. The summed E-state index contributed by atoms with van der Waals surface area (Å²) in [4.78, 5) is 0. The van der Waals surface area contributed by atoms with E-state index >= 15 is 0 Å². The molecule has 1 aromatic carbocycles. The third-order valence-electron chi connectivity index (χ3n) is 1.52. The van der Waals surface area contributed by atoms with Crippen molar-refractivity contribution in [1.29, 1.82) is 0 Å². The zero-order valence-corrected chi connectivity index (χ0v) is 10.7. The van der Waals surface area contributed by atoms with E-state index in [2.05, 4.69) is 37.0 Å². The van der Waals surface area contributed by atoms with E-state index in [0.29, 0.717) is 6.61 Å². The Balaban J connectivity index is 3.11. The molecule has 0 aromatic heterocycles. The first-order chi connectivity index (χ1) is 6.69. The number of halogens is 2. The second-order valence-electron chi connectivity index (χ2n) is 2.49. The maximum Gasteiger partial charge on any atom is 0.147 e. The van der Waals surface area contributed by atoms with Crippen LogP contribution in [0.3, 0.4) is 0 Å². The van der Waals surface area contributed by atoms with Gasteiger partial charge in [0.1, 0.15) is 5.75 Å². The van der Waals surface area contributed by atoms with Crippen molar-refractivity contribution in [2.45, 2.75) is 6.92 Å². The molecule has 1 N–H and O–H groups in total. The molecule has 76 valence electrons. The van der Waals surface area contributed by atoms with E-state index in [1.165, 1.54) is 6.21 Å². The van der Waals surface area contributed by atoms with E-state index < -0.39 is 0 Å². The molecule has 0 aliphatic rings. The van der Waals surface area contributed by atoms with Crippen LogP contribution in [0.5, 0.6) is 5.75 Å². The largest absolute Gasteiger partial charge is 0.492 e. The molecule has 0 unspecified atom stereocenters. The van der Waals surface area contributed by atoms with Crippen molar-refractivity contribution in [3.05, 3.63) is 26.6 Å². The van der Waals surface area contributed by atoms with Gasteiger partial charge in [0.2, 0.25) is 0 Å². The molecule has 0 atom stereocenters. The van der Waals surface area contributed by atoms with Crippen LogP contribution >= 0.6 is 31.9 Å². The Kier molecular flexibility index (Phi) is 4.41. The van der Waals surface area contributed by atoms with Crippen molar-refractivity contribution in [2.75, 3.05) is 6.61 Å². The van der Waals surface area contributed by atoms with Gasteiger partial charge in [-0.25, -0.2) is 0 Å². The molecule has 0 heterocycles. The fourth-order valence-electron chi connectivity index (χ4n) is 1.00. The monoisotopic (exact) mass is 321 g/mol. The lowest BCUT2D eigenvalue weighted by Crippen LogP contribution is -1.94. The Morgan fingerprint density at radius 3 is 2.43 bits per heavy atom. The van der Waals surface area contributed by atoms with Gasteiger partial charge in [-0.15, -0.1) is 0 Å². The molecular weight excluding hydrogens is 314 g/mol. The molecule has 3 nitrogen and oxygen atoms in total. The first-order valence-electron chi connectivity index (χ1n) is 3.98. The first kappa shape index (κ1) is 11.5. The fraction of sp³-hybridized carbons (Fsp3) is 0.222. The number of benzene rings is 1. The molecule has 5 heteroatoms. The predicted molar refractivity (Wildman–Crippen MR) is 62.4 cm³/mol. The van der Waals surface area contributed by atoms with Gasteiger partial charge in [-0.1, -0.05) is 5.16 Å². The lowest BCUT2D eigenvalue weighted by molar-refractivity contribution is 0.321. The van der Waals surface area contributed by atoms with Crippen molar-refractivity contribution < 1.29 is 9.94 Å². The minimum absolute atomic E-state index is 0.602. The SMILES string of the molecule is CCOc1c(Br)cc(C=NO)cc1Br. The van der Waals surface area contributed by atoms with Crippen LogP contribution in [-0.4, -0.2) is 18.0 Å². The number of oxime groups is 1. The Morgan fingerprint density at radius 2 is 2.00 bits per heavy atom. The summed E-state index contributed by atoms with van der Waals surface area (Å²) in [6, 6.07) is 3.63. The van der Waals surface area contributed by atoms with Crippen LogP contribution < -0.4 is 4.74 Å². The number of ether oxygens (including phenoxy) is 1. The van der Waals surface area contributed by atoms with E-state index in [1.807, 2.05) is 19.1 Å². The van der Waals surface area contributed by atoms with Crippen LogP contribution in [0.2, 0.25) is 0 Å². The van der Waals surface area contributed by atoms with E-state index in [-0.39, 0.29) is 0 Å². The smallest absolute Gasteiger partial charge is 0.147 e. The van der Waals surface area contributed by atoms with E-state index in [1.54, 1.807) is 0 Å². The van der Waals surface area contributed by atoms with Crippen molar-refractivity contribution in [3.8, 4) is 5.75 Å². The topological polar surface area (TPSA) is 41.8 Å². The first-order valence-corrected chi connectivity index (χ1v) is 5.57. The maximum atomic E-state index is 8.38. The Bertz CT molecular complexity index is 330. The second-order valence-corrected chi connectivity index (χ2v) is 4.20. The van der Waals surface area contributed by atoms with Crippen molar-refractivity contribution in [3.63, 3.8) is 0 Å². The van der Waals surface area contributed by atoms with Crippen molar-refractivity contribution in [1.82, 2.24) is 0 Å². The minimum Gasteiger partial charge on any atom is -0.492 e. The molecule has 0 amide bonds. The highest BCUT2D eigenvalue weighted by molar-refractivity contribution is 9.11. The predicted octanol–water partition coefficient (Wildman–Crippen LogP) is 3.42. The summed E-state index contributed by atoms with van der Waals surface area (Å²) in [6.45, 7) is 2.52. The summed E-state index contributed by atoms with van der Waals surface area (Å²) in [5, 5.41) is 11.3. The highest BCUT2D eigenvalue weighted by atomic mass is 79.9. The van der Waals surface area contributed by atoms with Crippen LogP contribution in [0, 0.1) is 0 Å². The standard InChI is InChI=1S/C9H9Br2NO2/c1-2-14-9-7(10)3-6(5-12-13)4-8(9)11/h3-5,13H,2H2,1H3. The molecule has 0 aliphatic heterocycles. The molecule has 1 rings (SSSR count). The minimum atomic E-state index is 0.602. The van der Waals surface area contributed by atoms with Gasteiger partial charge in [-0.3, -0.25) is 0 Å². The summed E-state index contributed by atoms with van der Waals surface area (Å²) in [5.41, 5.74) is 0.787. The van der Waals surface area contributed by atoms with E-state index in [0.717, 1.165) is 20.3 Å². The van der Waals surface area contributed by atoms with Gasteiger partial charge in [0, 0.05) is 0 Å². The molecule has 0 bridgehead atoms.